The summed E-state index contributed by atoms with van der Waals surface area (Å²) in [6.45, 7) is 10.1. The van der Waals surface area contributed by atoms with Gasteiger partial charge in [-0.25, -0.2) is 4.98 Å². The van der Waals surface area contributed by atoms with Gasteiger partial charge in [0.15, 0.2) is 0 Å². The molecule has 140 valence electrons. The molecule has 2 heterocycles. The maximum atomic E-state index is 12.6. The van der Waals surface area contributed by atoms with E-state index in [1.807, 2.05) is 13.8 Å². The van der Waals surface area contributed by atoms with Gasteiger partial charge < -0.3 is 10.1 Å². The van der Waals surface area contributed by atoms with Gasteiger partial charge in [0.1, 0.15) is 5.03 Å². The highest BCUT2D eigenvalue weighted by atomic mass is 32.2. The van der Waals surface area contributed by atoms with Gasteiger partial charge >= 0.3 is 0 Å². The number of ether oxygens (including phenoxy) is 1. The SMILES string of the molecule is CC1CN(C(C)(C)CNC(=O)c2cccnc2SC(F)F)CC(C)O1. The molecule has 1 aromatic heterocycles. The van der Waals surface area contributed by atoms with Crippen LogP contribution in [-0.4, -0.2) is 58.9 Å². The van der Waals surface area contributed by atoms with E-state index in [2.05, 4.69) is 29.0 Å². The molecule has 1 aliphatic rings. The summed E-state index contributed by atoms with van der Waals surface area (Å²) >= 11 is 0.283. The van der Waals surface area contributed by atoms with E-state index >= 15 is 0 Å². The summed E-state index contributed by atoms with van der Waals surface area (Å²) in [4.78, 5) is 18.6. The summed E-state index contributed by atoms with van der Waals surface area (Å²) in [5.41, 5.74) is -0.104. The zero-order valence-electron chi connectivity index (χ0n) is 15.0. The summed E-state index contributed by atoms with van der Waals surface area (Å²) in [6.07, 6.45) is 1.67. The van der Waals surface area contributed by atoms with Crippen LogP contribution >= 0.6 is 11.8 Å². The maximum Gasteiger partial charge on any atom is 0.290 e. The first kappa shape index (κ1) is 20.1. The van der Waals surface area contributed by atoms with E-state index in [1.165, 1.54) is 12.3 Å². The van der Waals surface area contributed by atoms with Crippen LogP contribution in [0.25, 0.3) is 0 Å². The molecule has 0 saturated carbocycles. The predicted molar refractivity (Wildman–Crippen MR) is 94.1 cm³/mol. The van der Waals surface area contributed by atoms with Crippen LogP contribution in [0.5, 0.6) is 0 Å². The number of nitrogens with zero attached hydrogens (tertiary/aromatic N) is 2. The number of nitrogens with one attached hydrogen (secondary N) is 1. The van der Waals surface area contributed by atoms with Crippen molar-refractivity contribution in [2.75, 3.05) is 19.6 Å². The second-order valence-electron chi connectivity index (χ2n) is 6.89. The molecule has 5 nitrogen and oxygen atoms in total. The van der Waals surface area contributed by atoms with Crippen LogP contribution in [0, 0.1) is 0 Å². The van der Waals surface area contributed by atoms with Gasteiger partial charge in [0, 0.05) is 31.4 Å². The predicted octanol–water partition coefficient (Wildman–Crippen LogP) is 3.01. The Bertz CT molecular complexity index is 591. The molecule has 0 radical (unpaired) electrons. The van der Waals surface area contributed by atoms with Crippen LogP contribution in [0.4, 0.5) is 8.78 Å². The number of rotatable bonds is 6. The quantitative estimate of drug-likeness (QED) is 0.777. The molecule has 1 N–H and O–H groups in total. The summed E-state index contributed by atoms with van der Waals surface area (Å²) in [6, 6.07) is 3.08. The molecule has 2 unspecified atom stereocenters. The first-order chi connectivity index (χ1) is 11.7. The summed E-state index contributed by atoms with van der Waals surface area (Å²) in [5, 5.41) is 2.90. The minimum atomic E-state index is -2.62. The van der Waals surface area contributed by atoms with E-state index in [1.54, 1.807) is 6.07 Å². The van der Waals surface area contributed by atoms with Crippen molar-refractivity contribution in [2.24, 2.45) is 0 Å². The van der Waals surface area contributed by atoms with E-state index in [-0.39, 0.29) is 40.1 Å². The number of carbonyl (C=O) groups is 1. The van der Waals surface area contributed by atoms with E-state index in [0.29, 0.717) is 6.54 Å². The summed E-state index contributed by atoms with van der Waals surface area (Å²) < 4.78 is 31.0. The minimum Gasteiger partial charge on any atom is -0.373 e. The van der Waals surface area contributed by atoms with Crippen molar-refractivity contribution in [3.05, 3.63) is 23.9 Å². The third-order valence-corrected chi connectivity index (χ3v) is 4.90. The van der Waals surface area contributed by atoms with E-state index in [4.69, 9.17) is 4.74 Å². The number of thioether (sulfide) groups is 1. The van der Waals surface area contributed by atoms with Crippen molar-refractivity contribution in [1.29, 1.82) is 0 Å². The fraction of sp³-hybridized carbons (Fsp3) is 0.647. The second kappa shape index (κ2) is 8.42. The molecule has 0 aliphatic carbocycles. The molecule has 1 fully saturated rings. The molecule has 2 atom stereocenters. The molecular formula is C17H25F2N3O2S. The van der Waals surface area contributed by atoms with E-state index in [9.17, 15) is 13.6 Å². The number of hydrogen-bond donors (Lipinski definition) is 1. The van der Waals surface area contributed by atoms with Gasteiger partial charge in [-0.15, -0.1) is 0 Å². The van der Waals surface area contributed by atoms with Crippen molar-refractivity contribution in [3.63, 3.8) is 0 Å². The number of alkyl halides is 2. The van der Waals surface area contributed by atoms with Crippen molar-refractivity contribution in [2.45, 2.75) is 56.2 Å². The third-order valence-electron chi connectivity index (χ3n) is 4.17. The lowest BCUT2D eigenvalue weighted by molar-refractivity contribution is -0.0948. The smallest absolute Gasteiger partial charge is 0.290 e. The minimum absolute atomic E-state index is 0.0430. The summed E-state index contributed by atoms with van der Waals surface area (Å²) in [5.74, 6) is -3.01. The molecule has 25 heavy (non-hydrogen) atoms. The van der Waals surface area contributed by atoms with Crippen molar-refractivity contribution in [3.8, 4) is 0 Å². The highest BCUT2D eigenvalue weighted by molar-refractivity contribution is 7.99. The third kappa shape index (κ3) is 5.62. The Morgan fingerprint density at radius 2 is 2.08 bits per heavy atom. The zero-order valence-corrected chi connectivity index (χ0v) is 15.8. The maximum absolute atomic E-state index is 12.6. The Labute approximate surface area is 151 Å². The molecule has 0 bridgehead atoms. The lowest BCUT2D eigenvalue weighted by atomic mass is 10.00. The highest BCUT2D eigenvalue weighted by Crippen LogP contribution is 2.26. The zero-order chi connectivity index (χ0) is 18.6. The Morgan fingerprint density at radius 3 is 2.68 bits per heavy atom. The fourth-order valence-electron chi connectivity index (χ4n) is 2.92. The molecule has 1 amide bonds. The number of carbonyl (C=O) groups excluding carboxylic acids is 1. The van der Waals surface area contributed by atoms with Gasteiger partial charge in [-0.3, -0.25) is 9.69 Å². The summed E-state index contributed by atoms with van der Waals surface area (Å²) in [7, 11) is 0. The fourth-order valence-corrected chi connectivity index (χ4v) is 3.50. The lowest BCUT2D eigenvalue weighted by Gasteiger charge is -2.45. The average molecular weight is 373 g/mol. The van der Waals surface area contributed by atoms with Crippen LogP contribution in [0.15, 0.2) is 23.4 Å². The van der Waals surface area contributed by atoms with Crippen molar-refractivity contribution >= 4 is 17.7 Å². The molecular weight excluding hydrogens is 348 g/mol. The van der Waals surface area contributed by atoms with Crippen LogP contribution in [-0.2, 0) is 4.74 Å². The number of morpholine rings is 1. The van der Waals surface area contributed by atoms with Crippen molar-refractivity contribution < 1.29 is 18.3 Å². The van der Waals surface area contributed by atoms with Gasteiger partial charge in [0.2, 0.25) is 0 Å². The van der Waals surface area contributed by atoms with E-state index < -0.39 is 11.7 Å². The average Bonchev–Trinajstić information content (AvgIpc) is 2.52. The van der Waals surface area contributed by atoms with Crippen LogP contribution in [0.3, 0.4) is 0 Å². The lowest BCUT2D eigenvalue weighted by Crippen LogP contribution is -2.58. The van der Waals surface area contributed by atoms with Gasteiger partial charge in [-0.1, -0.05) is 0 Å². The van der Waals surface area contributed by atoms with Crippen LogP contribution < -0.4 is 5.32 Å². The standard InChI is InChI=1S/C17H25F2N3O2S/c1-11-8-22(9-12(2)24-11)17(3,4)10-21-14(23)13-6-5-7-20-15(13)25-16(18)19/h5-7,11-12,16H,8-10H2,1-4H3,(H,21,23). The molecule has 2 rings (SSSR count). The normalized spacial score (nSPS) is 22.2. The second-order valence-corrected chi connectivity index (χ2v) is 7.87. The Morgan fingerprint density at radius 1 is 1.44 bits per heavy atom. The molecule has 0 spiro atoms. The number of hydrogen-bond acceptors (Lipinski definition) is 5. The number of amides is 1. The Hall–Kier alpha value is -1.25. The molecule has 1 aliphatic heterocycles. The molecule has 8 heteroatoms. The van der Waals surface area contributed by atoms with Crippen LogP contribution in [0.2, 0.25) is 0 Å². The van der Waals surface area contributed by atoms with Gasteiger partial charge in [-0.2, -0.15) is 8.78 Å². The topological polar surface area (TPSA) is 54.5 Å². The number of pyridine rings is 1. The first-order valence-corrected chi connectivity index (χ1v) is 9.15. The van der Waals surface area contributed by atoms with Crippen molar-refractivity contribution in [1.82, 2.24) is 15.2 Å². The monoisotopic (exact) mass is 373 g/mol. The van der Waals surface area contributed by atoms with Gasteiger partial charge in [0.25, 0.3) is 11.7 Å². The van der Waals surface area contributed by atoms with E-state index in [0.717, 1.165) is 13.1 Å². The largest absolute Gasteiger partial charge is 0.373 e. The molecule has 0 aromatic carbocycles. The molecule has 1 saturated heterocycles. The Balaban J connectivity index is 2.01. The van der Waals surface area contributed by atoms with Gasteiger partial charge in [0.05, 0.1) is 17.8 Å². The number of aromatic nitrogens is 1. The molecule has 1 aromatic rings. The first-order valence-electron chi connectivity index (χ1n) is 8.27. The highest BCUT2D eigenvalue weighted by Gasteiger charge is 2.33. The van der Waals surface area contributed by atoms with Crippen LogP contribution in [0.1, 0.15) is 38.1 Å². The Kier molecular flexibility index (Phi) is 6.76. The number of halogens is 2. The van der Waals surface area contributed by atoms with Gasteiger partial charge in [-0.05, 0) is 51.6 Å².